The van der Waals surface area contributed by atoms with E-state index in [9.17, 15) is 19.5 Å². The molecule has 232 valence electrons. The number of methoxy groups -OCH3 is 2. The second kappa shape index (κ2) is 12.7. The number of esters is 1. The highest BCUT2D eigenvalue weighted by Gasteiger charge is 2.37. The normalized spacial score (nSPS) is 14.4. The molecule has 0 fully saturated rings. The molecule has 0 radical (unpaired) electrons. The standard InChI is InChI=1S/C35H28N2O8S/c1-4-44-34(41)28-29(21-9-6-5-7-10-21)36-35-37(30(28)24-11-8-12-26(42-2)31(24)43-3)32(38)27(46-35)19-23-17-18-25(45-23)20-13-15-22(16-14-20)33(39)40/h5-19,30H,4H2,1-3H3,(H,39,40)/b27-19-/t30-/m0/s1. The Kier molecular flexibility index (Phi) is 8.41. The molecule has 1 aliphatic rings. The summed E-state index contributed by atoms with van der Waals surface area (Å²) in [4.78, 5) is 44.5. The maximum Gasteiger partial charge on any atom is 0.338 e. The van der Waals surface area contributed by atoms with Crippen LogP contribution in [0.25, 0.3) is 23.1 Å². The Labute approximate surface area is 266 Å². The summed E-state index contributed by atoms with van der Waals surface area (Å²) in [7, 11) is 3.02. The molecule has 0 bridgehead atoms. The van der Waals surface area contributed by atoms with Crippen molar-refractivity contribution in [1.82, 2.24) is 4.57 Å². The summed E-state index contributed by atoms with van der Waals surface area (Å²) in [5.74, 6) is 0.0811. The van der Waals surface area contributed by atoms with E-state index >= 15 is 0 Å². The largest absolute Gasteiger partial charge is 0.493 e. The first-order chi connectivity index (χ1) is 22.3. The maximum absolute atomic E-state index is 14.2. The van der Waals surface area contributed by atoms with Crippen LogP contribution in [0, 0.1) is 0 Å². The van der Waals surface area contributed by atoms with Crippen LogP contribution in [-0.4, -0.2) is 42.4 Å². The molecule has 11 heteroatoms. The van der Waals surface area contributed by atoms with Gasteiger partial charge >= 0.3 is 11.9 Å². The predicted octanol–water partition coefficient (Wildman–Crippen LogP) is 4.91. The lowest BCUT2D eigenvalue weighted by atomic mass is 9.92. The number of ether oxygens (including phenoxy) is 3. The number of carbonyl (C=O) groups is 2. The van der Waals surface area contributed by atoms with Gasteiger partial charge in [0.15, 0.2) is 16.3 Å². The number of hydrogen-bond acceptors (Lipinski definition) is 9. The minimum Gasteiger partial charge on any atom is -0.493 e. The van der Waals surface area contributed by atoms with Gasteiger partial charge in [-0.3, -0.25) is 9.36 Å². The minimum atomic E-state index is -1.02. The molecule has 3 heterocycles. The van der Waals surface area contributed by atoms with Gasteiger partial charge in [0.25, 0.3) is 5.56 Å². The fourth-order valence-electron chi connectivity index (χ4n) is 5.35. The molecule has 46 heavy (non-hydrogen) atoms. The Morgan fingerprint density at radius 3 is 2.39 bits per heavy atom. The van der Waals surface area contributed by atoms with Crippen LogP contribution in [0.1, 0.15) is 40.2 Å². The van der Waals surface area contributed by atoms with E-state index in [2.05, 4.69) is 0 Å². The molecule has 0 saturated carbocycles. The van der Waals surface area contributed by atoms with E-state index in [1.807, 2.05) is 30.3 Å². The highest BCUT2D eigenvalue weighted by molar-refractivity contribution is 7.07. The number of carboxylic acid groups (broad SMARTS) is 1. The van der Waals surface area contributed by atoms with Crippen molar-refractivity contribution >= 4 is 35.0 Å². The van der Waals surface area contributed by atoms with Gasteiger partial charge in [0.05, 0.1) is 42.2 Å². The third kappa shape index (κ3) is 5.52. The topological polar surface area (TPSA) is 130 Å². The fourth-order valence-corrected chi connectivity index (χ4v) is 6.33. The Bertz CT molecular complexity index is 2160. The summed E-state index contributed by atoms with van der Waals surface area (Å²) in [6.45, 7) is 1.84. The molecular formula is C35H28N2O8S. The summed E-state index contributed by atoms with van der Waals surface area (Å²) in [5.41, 5.74) is 2.22. The van der Waals surface area contributed by atoms with E-state index in [0.717, 1.165) is 11.3 Å². The van der Waals surface area contributed by atoms with Gasteiger partial charge in [0.2, 0.25) is 0 Å². The average Bonchev–Trinajstić information content (AvgIpc) is 3.67. The average molecular weight is 637 g/mol. The van der Waals surface area contributed by atoms with Crippen LogP contribution in [0.3, 0.4) is 0 Å². The molecule has 0 spiro atoms. The molecular weight excluding hydrogens is 608 g/mol. The zero-order valence-electron chi connectivity index (χ0n) is 25.1. The summed E-state index contributed by atoms with van der Waals surface area (Å²) in [6, 6.07) is 23.4. The van der Waals surface area contributed by atoms with Crippen LogP contribution in [0.15, 0.2) is 105 Å². The molecule has 0 saturated heterocycles. The van der Waals surface area contributed by atoms with Crippen molar-refractivity contribution in [2.45, 2.75) is 13.0 Å². The van der Waals surface area contributed by atoms with Crippen LogP contribution in [0.2, 0.25) is 0 Å². The predicted molar refractivity (Wildman–Crippen MR) is 172 cm³/mol. The maximum atomic E-state index is 14.2. The lowest BCUT2D eigenvalue weighted by Gasteiger charge is -2.27. The number of benzene rings is 3. The number of aromatic carboxylic acids is 1. The van der Waals surface area contributed by atoms with Crippen LogP contribution >= 0.6 is 11.3 Å². The number of rotatable bonds is 9. The van der Waals surface area contributed by atoms with Crippen molar-refractivity contribution in [3.05, 3.63) is 133 Å². The van der Waals surface area contributed by atoms with E-state index < -0.39 is 23.5 Å². The smallest absolute Gasteiger partial charge is 0.338 e. The molecule has 5 aromatic rings. The van der Waals surface area contributed by atoms with Crippen molar-refractivity contribution in [1.29, 1.82) is 0 Å². The van der Waals surface area contributed by atoms with Crippen LogP contribution in [0.5, 0.6) is 11.5 Å². The first-order valence-electron chi connectivity index (χ1n) is 14.3. The fraction of sp³-hybridized carbons (Fsp3) is 0.143. The SMILES string of the molecule is CCOC(=O)C1=C(c2ccccc2)N=c2s/c(=C\c3ccc(-c4ccc(C(=O)O)cc4)o3)c(=O)n2[C@H]1c1cccc(OC)c1OC. The van der Waals surface area contributed by atoms with Crippen molar-refractivity contribution in [2.24, 2.45) is 4.99 Å². The van der Waals surface area contributed by atoms with E-state index in [0.29, 0.717) is 54.7 Å². The van der Waals surface area contributed by atoms with Gasteiger partial charge in [-0.15, -0.1) is 0 Å². The monoisotopic (exact) mass is 636 g/mol. The Hall–Kier alpha value is -5.68. The second-order valence-corrected chi connectivity index (χ2v) is 11.1. The van der Waals surface area contributed by atoms with Gasteiger partial charge in [0.1, 0.15) is 17.6 Å². The second-order valence-electron chi connectivity index (χ2n) is 10.1. The first kappa shape index (κ1) is 30.4. The number of aromatic nitrogens is 1. The molecule has 1 aliphatic heterocycles. The van der Waals surface area contributed by atoms with Crippen LogP contribution in [0.4, 0.5) is 0 Å². The number of para-hydroxylation sites is 1. The van der Waals surface area contributed by atoms with Crippen LogP contribution in [-0.2, 0) is 9.53 Å². The number of carboxylic acids is 1. The zero-order valence-corrected chi connectivity index (χ0v) is 25.9. The number of thiazole rings is 1. The highest BCUT2D eigenvalue weighted by Crippen LogP contribution is 2.42. The summed E-state index contributed by atoms with van der Waals surface area (Å²) in [5, 5.41) is 9.20. The zero-order chi connectivity index (χ0) is 32.4. The Morgan fingerprint density at radius 2 is 1.72 bits per heavy atom. The quantitative estimate of drug-likeness (QED) is 0.226. The van der Waals surface area contributed by atoms with Gasteiger partial charge in [0, 0.05) is 22.8 Å². The van der Waals surface area contributed by atoms with Crippen molar-refractivity contribution in [3.63, 3.8) is 0 Å². The number of hydrogen-bond donors (Lipinski definition) is 1. The number of fused-ring (bicyclic) bond motifs is 1. The molecule has 10 nitrogen and oxygen atoms in total. The van der Waals surface area contributed by atoms with E-state index in [4.69, 9.17) is 23.6 Å². The van der Waals surface area contributed by atoms with Gasteiger partial charge in [-0.25, -0.2) is 14.6 Å². The van der Waals surface area contributed by atoms with Gasteiger partial charge < -0.3 is 23.7 Å². The molecule has 3 aromatic carbocycles. The van der Waals surface area contributed by atoms with Crippen molar-refractivity contribution in [2.75, 3.05) is 20.8 Å². The van der Waals surface area contributed by atoms with Crippen LogP contribution < -0.4 is 24.4 Å². The molecule has 1 N–H and O–H groups in total. The lowest BCUT2D eigenvalue weighted by Crippen LogP contribution is -2.40. The van der Waals surface area contributed by atoms with Gasteiger partial charge in [-0.1, -0.05) is 65.9 Å². The molecule has 2 aromatic heterocycles. The number of furan rings is 1. The number of carbonyl (C=O) groups excluding carboxylic acids is 1. The Balaban J connectivity index is 1.57. The summed E-state index contributed by atoms with van der Waals surface area (Å²) >= 11 is 1.16. The minimum absolute atomic E-state index is 0.122. The van der Waals surface area contributed by atoms with Crippen molar-refractivity contribution in [3.8, 4) is 22.8 Å². The molecule has 0 amide bonds. The van der Waals surface area contributed by atoms with Crippen molar-refractivity contribution < 1.29 is 33.3 Å². The van der Waals surface area contributed by atoms with E-state index in [-0.39, 0.29) is 17.7 Å². The Morgan fingerprint density at radius 1 is 0.957 bits per heavy atom. The summed E-state index contributed by atoms with van der Waals surface area (Å²) < 4.78 is 24.7. The molecule has 6 rings (SSSR count). The third-order valence-electron chi connectivity index (χ3n) is 7.42. The first-order valence-corrected chi connectivity index (χ1v) is 15.1. The lowest BCUT2D eigenvalue weighted by molar-refractivity contribution is -0.138. The van der Waals surface area contributed by atoms with E-state index in [1.165, 1.54) is 30.9 Å². The van der Waals surface area contributed by atoms with E-state index in [1.54, 1.807) is 55.5 Å². The van der Waals surface area contributed by atoms with Gasteiger partial charge in [-0.05, 0) is 37.3 Å². The molecule has 1 atom stereocenters. The molecule has 0 unspecified atom stereocenters. The highest BCUT2D eigenvalue weighted by atomic mass is 32.1. The number of nitrogens with zero attached hydrogens (tertiary/aromatic N) is 2. The molecule has 0 aliphatic carbocycles. The summed E-state index contributed by atoms with van der Waals surface area (Å²) in [6.07, 6.45) is 1.62. The third-order valence-corrected chi connectivity index (χ3v) is 8.40. The van der Waals surface area contributed by atoms with Gasteiger partial charge in [-0.2, -0.15) is 0 Å².